The summed E-state index contributed by atoms with van der Waals surface area (Å²) in [6.07, 6.45) is 2.02. The Morgan fingerprint density at radius 1 is 0.967 bits per heavy atom. The van der Waals surface area contributed by atoms with Crippen molar-refractivity contribution in [2.75, 3.05) is 7.11 Å². The van der Waals surface area contributed by atoms with E-state index in [2.05, 4.69) is 4.98 Å². The van der Waals surface area contributed by atoms with E-state index in [1.54, 1.807) is 31.5 Å². The van der Waals surface area contributed by atoms with Crippen molar-refractivity contribution in [3.63, 3.8) is 0 Å². The Morgan fingerprint density at radius 3 is 2.50 bits per heavy atom. The average molecular weight is 400 g/mol. The van der Waals surface area contributed by atoms with Crippen LogP contribution in [0, 0.1) is 10.1 Å². The lowest BCUT2D eigenvalue weighted by atomic mass is 10.0. The van der Waals surface area contributed by atoms with Crippen molar-refractivity contribution < 1.29 is 14.4 Å². The number of rotatable bonds is 7. The average Bonchev–Trinajstić information content (AvgIpc) is 2.78. The smallest absolute Gasteiger partial charge is 0.272 e. The fourth-order valence-electron chi connectivity index (χ4n) is 3.47. The van der Waals surface area contributed by atoms with Gasteiger partial charge in [-0.05, 0) is 23.1 Å². The lowest BCUT2D eigenvalue weighted by Gasteiger charge is -2.16. The lowest BCUT2D eigenvalue weighted by Crippen LogP contribution is -2.02. The minimum atomic E-state index is -0.367. The van der Waals surface area contributed by atoms with Gasteiger partial charge in [-0.2, -0.15) is 0 Å². The number of aromatic nitrogens is 1. The number of hydrogen-bond donors (Lipinski definition) is 0. The molecule has 0 aliphatic carbocycles. The molecule has 3 aromatic carbocycles. The molecule has 0 saturated heterocycles. The molecule has 0 aliphatic heterocycles. The molecular weight excluding hydrogens is 380 g/mol. The van der Waals surface area contributed by atoms with Crippen molar-refractivity contribution in [2.45, 2.75) is 13.0 Å². The zero-order valence-corrected chi connectivity index (χ0v) is 16.4. The normalized spacial score (nSPS) is 10.7. The molecule has 150 valence electrons. The summed E-state index contributed by atoms with van der Waals surface area (Å²) >= 11 is 0. The molecule has 0 unspecified atom stereocenters. The first-order chi connectivity index (χ1) is 14.7. The molecule has 4 rings (SSSR count). The first-order valence-corrected chi connectivity index (χ1v) is 9.51. The van der Waals surface area contributed by atoms with E-state index in [0.29, 0.717) is 35.8 Å². The summed E-state index contributed by atoms with van der Waals surface area (Å²) < 4.78 is 11.7. The van der Waals surface area contributed by atoms with Gasteiger partial charge < -0.3 is 9.47 Å². The number of fused-ring (bicyclic) bond motifs is 1. The molecule has 0 aliphatic rings. The van der Waals surface area contributed by atoms with Gasteiger partial charge in [-0.25, -0.2) is 0 Å². The monoisotopic (exact) mass is 400 g/mol. The van der Waals surface area contributed by atoms with Crippen LogP contribution in [0.5, 0.6) is 11.5 Å². The molecule has 0 atom stereocenters. The van der Waals surface area contributed by atoms with Crippen LogP contribution in [0.1, 0.15) is 16.8 Å². The number of nitro groups is 1. The molecule has 4 aromatic rings. The third kappa shape index (κ3) is 3.93. The van der Waals surface area contributed by atoms with E-state index < -0.39 is 0 Å². The Labute approximate surface area is 173 Å². The highest BCUT2D eigenvalue weighted by molar-refractivity contribution is 5.93. The first-order valence-electron chi connectivity index (χ1n) is 9.51. The van der Waals surface area contributed by atoms with Crippen molar-refractivity contribution in [1.29, 1.82) is 0 Å². The van der Waals surface area contributed by atoms with E-state index in [0.717, 1.165) is 16.3 Å². The molecular formula is C24H20N2O4. The molecule has 0 fully saturated rings. The number of para-hydroxylation sites is 1. The topological polar surface area (TPSA) is 74.5 Å². The fourth-order valence-corrected chi connectivity index (χ4v) is 3.47. The molecule has 0 saturated carbocycles. The molecule has 0 bridgehead atoms. The van der Waals surface area contributed by atoms with E-state index in [4.69, 9.17) is 9.47 Å². The summed E-state index contributed by atoms with van der Waals surface area (Å²) in [6, 6.07) is 22.3. The molecule has 0 radical (unpaired) electrons. The largest absolute Gasteiger partial charge is 0.493 e. The summed E-state index contributed by atoms with van der Waals surface area (Å²) in [5, 5.41) is 13.2. The fraction of sp³-hybridized carbons (Fsp3) is 0.125. The highest BCUT2D eigenvalue weighted by Crippen LogP contribution is 2.38. The Hall–Kier alpha value is -3.93. The van der Waals surface area contributed by atoms with Gasteiger partial charge in [0.05, 0.1) is 17.7 Å². The molecule has 0 N–H and O–H groups in total. The summed E-state index contributed by atoms with van der Waals surface area (Å²) in [7, 11) is 1.59. The SMILES string of the molecule is COc1ccc2ccnc(Cc3ccccc3[N+](=O)[O-])c2c1OCc1ccccc1. The zero-order valence-electron chi connectivity index (χ0n) is 16.4. The number of pyridine rings is 1. The van der Waals surface area contributed by atoms with Crippen molar-refractivity contribution in [3.8, 4) is 11.5 Å². The quantitative estimate of drug-likeness (QED) is 0.310. The molecule has 6 nitrogen and oxygen atoms in total. The third-order valence-corrected chi connectivity index (χ3v) is 4.92. The van der Waals surface area contributed by atoms with Crippen LogP contribution < -0.4 is 9.47 Å². The maximum absolute atomic E-state index is 11.4. The van der Waals surface area contributed by atoms with Crippen LogP contribution in [-0.4, -0.2) is 17.0 Å². The highest BCUT2D eigenvalue weighted by atomic mass is 16.6. The van der Waals surface area contributed by atoms with Gasteiger partial charge in [-0.1, -0.05) is 54.6 Å². The second kappa shape index (κ2) is 8.61. The van der Waals surface area contributed by atoms with Gasteiger partial charge in [0.25, 0.3) is 5.69 Å². The molecule has 0 amide bonds. The summed E-state index contributed by atoms with van der Waals surface area (Å²) in [5.41, 5.74) is 2.40. The van der Waals surface area contributed by atoms with Crippen LogP contribution in [0.4, 0.5) is 5.69 Å². The Morgan fingerprint density at radius 2 is 1.73 bits per heavy atom. The molecule has 1 aromatic heterocycles. The standard InChI is InChI=1S/C24H20N2O4/c1-29-22-12-11-18-13-14-25-20(15-19-9-5-6-10-21(19)26(27)28)23(18)24(22)30-16-17-7-3-2-4-8-17/h2-14H,15-16H2,1H3. The molecule has 6 heteroatoms. The van der Waals surface area contributed by atoms with Crippen molar-refractivity contribution in [2.24, 2.45) is 0 Å². The van der Waals surface area contributed by atoms with Crippen LogP contribution >= 0.6 is 0 Å². The second-order valence-corrected chi connectivity index (χ2v) is 6.79. The van der Waals surface area contributed by atoms with Crippen LogP contribution in [0.3, 0.4) is 0 Å². The van der Waals surface area contributed by atoms with Gasteiger partial charge >= 0.3 is 0 Å². The van der Waals surface area contributed by atoms with Crippen molar-refractivity contribution in [1.82, 2.24) is 4.98 Å². The zero-order chi connectivity index (χ0) is 20.9. The van der Waals surface area contributed by atoms with E-state index >= 15 is 0 Å². The van der Waals surface area contributed by atoms with E-state index in [1.807, 2.05) is 48.5 Å². The number of nitro benzene ring substituents is 1. The first kappa shape index (κ1) is 19.4. The summed E-state index contributed by atoms with van der Waals surface area (Å²) in [5.74, 6) is 1.18. The maximum Gasteiger partial charge on any atom is 0.272 e. The van der Waals surface area contributed by atoms with E-state index in [1.165, 1.54) is 6.07 Å². The molecule has 30 heavy (non-hydrogen) atoms. The number of ether oxygens (including phenoxy) is 2. The Balaban J connectivity index is 1.80. The third-order valence-electron chi connectivity index (χ3n) is 4.92. The van der Waals surface area contributed by atoms with Gasteiger partial charge in [0.1, 0.15) is 6.61 Å². The Kier molecular flexibility index (Phi) is 5.57. The lowest BCUT2D eigenvalue weighted by molar-refractivity contribution is -0.385. The predicted octanol–water partition coefficient (Wildman–Crippen LogP) is 5.32. The number of methoxy groups -OCH3 is 1. The Bertz CT molecular complexity index is 1190. The minimum absolute atomic E-state index is 0.0750. The van der Waals surface area contributed by atoms with Crippen LogP contribution in [0.25, 0.3) is 10.8 Å². The van der Waals surface area contributed by atoms with Crippen molar-refractivity contribution in [3.05, 3.63) is 106 Å². The van der Waals surface area contributed by atoms with Crippen LogP contribution in [0.2, 0.25) is 0 Å². The van der Waals surface area contributed by atoms with Gasteiger partial charge in [-0.3, -0.25) is 15.1 Å². The van der Waals surface area contributed by atoms with E-state index in [-0.39, 0.29) is 10.6 Å². The maximum atomic E-state index is 11.4. The summed E-state index contributed by atoms with van der Waals surface area (Å²) in [6.45, 7) is 0.371. The van der Waals surface area contributed by atoms with Crippen LogP contribution in [-0.2, 0) is 13.0 Å². The molecule has 0 spiro atoms. The summed E-state index contributed by atoms with van der Waals surface area (Å²) in [4.78, 5) is 15.6. The van der Waals surface area contributed by atoms with Gasteiger partial charge in [-0.15, -0.1) is 0 Å². The molecule has 1 heterocycles. The van der Waals surface area contributed by atoms with Gasteiger partial charge in [0.2, 0.25) is 0 Å². The van der Waals surface area contributed by atoms with E-state index in [9.17, 15) is 10.1 Å². The minimum Gasteiger partial charge on any atom is -0.493 e. The number of hydrogen-bond acceptors (Lipinski definition) is 5. The predicted molar refractivity (Wildman–Crippen MR) is 115 cm³/mol. The van der Waals surface area contributed by atoms with Crippen molar-refractivity contribution >= 4 is 16.5 Å². The highest BCUT2D eigenvalue weighted by Gasteiger charge is 2.19. The second-order valence-electron chi connectivity index (χ2n) is 6.79. The van der Waals surface area contributed by atoms with Gasteiger partial charge in [0, 0.05) is 29.6 Å². The number of benzene rings is 3. The van der Waals surface area contributed by atoms with Gasteiger partial charge in [0.15, 0.2) is 11.5 Å². The number of nitrogens with zero attached hydrogens (tertiary/aromatic N) is 2. The van der Waals surface area contributed by atoms with Crippen LogP contribution in [0.15, 0.2) is 79.0 Å².